The fraction of sp³-hybridized carbons (Fsp3) is 0.100. The lowest BCUT2D eigenvalue weighted by molar-refractivity contribution is -0.114. The van der Waals surface area contributed by atoms with E-state index in [9.17, 15) is 9.90 Å². The molecule has 0 unspecified atom stereocenters. The van der Waals surface area contributed by atoms with Gasteiger partial charge in [-0.05, 0) is 24.3 Å². The quantitative estimate of drug-likeness (QED) is 0.390. The molecule has 3 aromatic heterocycles. The van der Waals surface area contributed by atoms with E-state index in [1.807, 2.05) is 18.2 Å². The first kappa shape index (κ1) is 19.0. The van der Waals surface area contributed by atoms with E-state index in [0.717, 1.165) is 0 Å². The fourth-order valence-electron chi connectivity index (χ4n) is 2.52. The molecule has 0 fully saturated rings. The Morgan fingerprint density at radius 1 is 1.21 bits per heavy atom. The highest BCUT2D eigenvalue weighted by atomic mass is 16.3. The minimum Gasteiger partial charge on any atom is -0.392 e. The first-order chi connectivity index (χ1) is 13.6. The third-order valence-corrected chi connectivity index (χ3v) is 3.77. The summed E-state index contributed by atoms with van der Waals surface area (Å²) in [5, 5.41) is 15.5. The van der Waals surface area contributed by atoms with Crippen LogP contribution in [0, 0.1) is 0 Å². The standard InChI is InChI=1S/C20H20N6O2/c1-13(17-5-3-4-8-21-17)24-20(19-15(12-27)6-9-23-19)26-16-7-10-22-18(11-16)25-14(2)28/h3-11,23,27H,1,12H2,2H3,(H2,22,24,25,26,28). The molecule has 0 aromatic carbocycles. The van der Waals surface area contributed by atoms with E-state index in [0.29, 0.717) is 40.0 Å². The van der Waals surface area contributed by atoms with Crippen molar-refractivity contribution in [3.8, 4) is 0 Å². The molecule has 3 rings (SSSR count). The number of anilines is 2. The maximum Gasteiger partial charge on any atom is 0.222 e. The van der Waals surface area contributed by atoms with E-state index in [4.69, 9.17) is 0 Å². The van der Waals surface area contributed by atoms with Crippen molar-refractivity contribution >= 4 is 28.9 Å². The van der Waals surface area contributed by atoms with Gasteiger partial charge in [-0.25, -0.2) is 9.98 Å². The number of carbonyl (C=O) groups is 1. The van der Waals surface area contributed by atoms with E-state index in [1.54, 1.807) is 36.8 Å². The number of nitrogens with one attached hydrogen (secondary N) is 3. The average molecular weight is 376 g/mol. The number of hydrogen-bond donors (Lipinski definition) is 4. The van der Waals surface area contributed by atoms with Crippen LogP contribution < -0.4 is 10.6 Å². The van der Waals surface area contributed by atoms with E-state index in [1.165, 1.54) is 6.92 Å². The highest BCUT2D eigenvalue weighted by Crippen LogP contribution is 2.18. The van der Waals surface area contributed by atoms with Crippen molar-refractivity contribution < 1.29 is 9.90 Å². The fourth-order valence-corrected chi connectivity index (χ4v) is 2.52. The molecule has 1 amide bonds. The zero-order valence-corrected chi connectivity index (χ0v) is 15.3. The van der Waals surface area contributed by atoms with Gasteiger partial charge < -0.3 is 20.7 Å². The van der Waals surface area contributed by atoms with Crippen LogP contribution in [0.2, 0.25) is 0 Å². The van der Waals surface area contributed by atoms with Crippen molar-refractivity contribution in [1.82, 2.24) is 15.0 Å². The molecule has 0 radical (unpaired) electrons. The first-order valence-electron chi connectivity index (χ1n) is 8.54. The number of amidine groups is 1. The van der Waals surface area contributed by atoms with Crippen LogP contribution in [0.1, 0.15) is 23.9 Å². The first-order valence-corrected chi connectivity index (χ1v) is 8.54. The van der Waals surface area contributed by atoms with Gasteiger partial charge in [-0.15, -0.1) is 0 Å². The smallest absolute Gasteiger partial charge is 0.222 e. The molecule has 28 heavy (non-hydrogen) atoms. The molecule has 0 atom stereocenters. The number of aliphatic hydroxyl groups is 1. The van der Waals surface area contributed by atoms with Crippen molar-refractivity contribution in [2.75, 3.05) is 10.6 Å². The summed E-state index contributed by atoms with van der Waals surface area (Å²) in [6.45, 7) is 5.26. The molecule has 0 bridgehead atoms. The number of aliphatic imine (C=N–C) groups is 1. The second kappa shape index (κ2) is 8.74. The summed E-state index contributed by atoms with van der Waals surface area (Å²) in [6.07, 6.45) is 4.96. The average Bonchev–Trinajstić information content (AvgIpc) is 3.16. The van der Waals surface area contributed by atoms with Gasteiger partial charge in [0.15, 0.2) is 5.84 Å². The number of rotatable bonds is 6. The molecule has 0 spiro atoms. The van der Waals surface area contributed by atoms with Crippen LogP contribution in [-0.2, 0) is 11.4 Å². The van der Waals surface area contributed by atoms with Gasteiger partial charge in [0, 0.05) is 42.8 Å². The second-order valence-electron chi connectivity index (χ2n) is 5.89. The third kappa shape index (κ3) is 4.68. The normalized spacial score (nSPS) is 11.1. The number of aromatic amines is 1. The summed E-state index contributed by atoms with van der Waals surface area (Å²) in [7, 11) is 0. The Morgan fingerprint density at radius 2 is 2.07 bits per heavy atom. The third-order valence-electron chi connectivity index (χ3n) is 3.77. The van der Waals surface area contributed by atoms with Crippen LogP contribution in [0.5, 0.6) is 0 Å². The summed E-state index contributed by atoms with van der Waals surface area (Å²) in [5.74, 6) is 0.646. The molecule has 0 aliphatic rings. The highest BCUT2D eigenvalue weighted by Gasteiger charge is 2.13. The van der Waals surface area contributed by atoms with Gasteiger partial charge in [-0.1, -0.05) is 12.6 Å². The monoisotopic (exact) mass is 376 g/mol. The van der Waals surface area contributed by atoms with Gasteiger partial charge in [0.1, 0.15) is 5.82 Å². The number of pyridine rings is 2. The maximum atomic E-state index is 11.3. The van der Waals surface area contributed by atoms with Crippen LogP contribution in [0.25, 0.3) is 5.70 Å². The van der Waals surface area contributed by atoms with Crippen molar-refractivity contribution in [2.24, 2.45) is 4.99 Å². The number of nitrogens with zero attached hydrogens (tertiary/aromatic N) is 3. The predicted octanol–water partition coefficient (Wildman–Crippen LogP) is 2.79. The van der Waals surface area contributed by atoms with Gasteiger partial charge in [0.2, 0.25) is 5.91 Å². The molecule has 142 valence electrons. The molecular formula is C20H20N6O2. The van der Waals surface area contributed by atoms with Crippen LogP contribution in [-0.4, -0.2) is 31.8 Å². The molecule has 3 heterocycles. The van der Waals surface area contributed by atoms with Crippen molar-refractivity contribution in [3.63, 3.8) is 0 Å². The summed E-state index contributed by atoms with van der Waals surface area (Å²) in [6, 6.07) is 10.7. The van der Waals surface area contributed by atoms with E-state index in [-0.39, 0.29) is 12.5 Å². The zero-order valence-electron chi connectivity index (χ0n) is 15.3. The molecule has 0 saturated carbocycles. The molecule has 4 N–H and O–H groups in total. The van der Waals surface area contributed by atoms with Gasteiger partial charge in [-0.3, -0.25) is 9.78 Å². The maximum absolute atomic E-state index is 11.3. The highest BCUT2D eigenvalue weighted by molar-refractivity contribution is 6.10. The molecule has 0 saturated heterocycles. The second-order valence-corrected chi connectivity index (χ2v) is 5.89. The number of aliphatic hydroxyl groups excluding tert-OH is 1. The summed E-state index contributed by atoms with van der Waals surface area (Å²) < 4.78 is 0. The Labute approximate surface area is 162 Å². The number of H-pyrrole nitrogens is 1. The van der Waals surface area contributed by atoms with Crippen LogP contribution in [0.3, 0.4) is 0 Å². The molecule has 0 aliphatic heterocycles. The Bertz CT molecular complexity index is 1010. The van der Waals surface area contributed by atoms with Crippen LogP contribution in [0.4, 0.5) is 11.5 Å². The Kier molecular flexibility index (Phi) is 5.93. The van der Waals surface area contributed by atoms with Crippen LogP contribution in [0.15, 0.2) is 66.6 Å². The molecule has 0 aliphatic carbocycles. The lowest BCUT2D eigenvalue weighted by Gasteiger charge is -2.12. The predicted molar refractivity (Wildman–Crippen MR) is 109 cm³/mol. The van der Waals surface area contributed by atoms with Crippen molar-refractivity contribution in [3.05, 3.63) is 78.5 Å². The van der Waals surface area contributed by atoms with E-state index in [2.05, 4.69) is 37.2 Å². The summed E-state index contributed by atoms with van der Waals surface area (Å²) in [5.41, 5.74) is 3.05. The molecule has 3 aromatic rings. The molecular weight excluding hydrogens is 356 g/mol. The lowest BCUT2D eigenvalue weighted by atomic mass is 10.2. The van der Waals surface area contributed by atoms with Crippen molar-refractivity contribution in [2.45, 2.75) is 13.5 Å². The van der Waals surface area contributed by atoms with Gasteiger partial charge in [0.25, 0.3) is 0 Å². The lowest BCUT2D eigenvalue weighted by Crippen LogP contribution is -2.17. The van der Waals surface area contributed by atoms with E-state index < -0.39 is 0 Å². The Balaban J connectivity index is 1.96. The minimum atomic E-state index is -0.214. The summed E-state index contributed by atoms with van der Waals surface area (Å²) >= 11 is 0. The summed E-state index contributed by atoms with van der Waals surface area (Å²) in [4.78, 5) is 27.3. The van der Waals surface area contributed by atoms with Crippen LogP contribution >= 0.6 is 0 Å². The number of hydrogen-bond acceptors (Lipinski definition) is 5. The Hall–Kier alpha value is -3.78. The molecule has 8 nitrogen and oxygen atoms in total. The number of aromatic nitrogens is 3. The number of amides is 1. The zero-order chi connectivity index (χ0) is 19.9. The topological polar surface area (TPSA) is 115 Å². The largest absolute Gasteiger partial charge is 0.392 e. The van der Waals surface area contributed by atoms with Gasteiger partial charge in [-0.2, -0.15) is 0 Å². The number of carbonyl (C=O) groups excluding carboxylic acids is 1. The molecule has 8 heteroatoms. The Morgan fingerprint density at radius 3 is 2.79 bits per heavy atom. The van der Waals surface area contributed by atoms with Gasteiger partial charge >= 0.3 is 0 Å². The van der Waals surface area contributed by atoms with E-state index >= 15 is 0 Å². The minimum absolute atomic E-state index is 0.150. The van der Waals surface area contributed by atoms with Crippen molar-refractivity contribution in [1.29, 1.82) is 0 Å². The van der Waals surface area contributed by atoms with Gasteiger partial charge in [0.05, 0.1) is 23.7 Å². The SMILES string of the molecule is C=C(/N=C(/Nc1ccnc(NC(C)=O)c1)c1[nH]ccc1CO)c1ccccn1.